The van der Waals surface area contributed by atoms with Crippen LogP contribution in [0.3, 0.4) is 0 Å². The van der Waals surface area contributed by atoms with Gasteiger partial charge >= 0.3 is 0 Å². The first-order chi connectivity index (χ1) is 13.1. The number of hydrogen-bond acceptors (Lipinski definition) is 3. The van der Waals surface area contributed by atoms with Gasteiger partial charge in [-0.05, 0) is 58.1 Å². The molecule has 2 aromatic carbocycles. The fraction of sp³-hybridized carbons (Fsp3) is 0.200. The molecule has 0 saturated heterocycles. The molecule has 3 rings (SSSR count). The molecule has 27 heavy (non-hydrogen) atoms. The summed E-state index contributed by atoms with van der Waals surface area (Å²) >= 11 is 3.39. The molecule has 3 aromatic rings. The van der Waals surface area contributed by atoms with Crippen LogP contribution in [0.1, 0.15) is 23.7 Å². The van der Waals surface area contributed by atoms with Gasteiger partial charge in [0.25, 0.3) is 11.8 Å². The zero-order valence-corrected chi connectivity index (χ0v) is 16.5. The lowest BCUT2D eigenvalue weighted by Crippen LogP contribution is -2.43. The van der Waals surface area contributed by atoms with E-state index >= 15 is 0 Å². The molecule has 0 bridgehead atoms. The molecule has 0 saturated carbocycles. The molecular weight excluding hydrogens is 410 g/mol. The van der Waals surface area contributed by atoms with Crippen molar-refractivity contribution < 1.29 is 14.3 Å². The van der Waals surface area contributed by atoms with Crippen LogP contribution in [0.25, 0.3) is 10.9 Å². The molecule has 0 fully saturated rings. The quantitative estimate of drug-likeness (QED) is 0.587. The Morgan fingerprint density at radius 2 is 1.93 bits per heavy atom. The van der Waals surface area contributed by atoms with Gasteiger partial charge in [-0.3, -0.25) is 20.4 Å². The minimum absolute atomic E-state index is 0.112. The largest absolute Gasteiger partial charge is 0.492 e. The van der Waals surface area contributed by atoms with Crippen molar-refractivity contribution >= 4 is 38.6 Å². The molecule has 1 heterocycles. The zero-order chi connectivity index (χ0) is 19.2. The minimum atomic E-state index is -0.400. The molecule has 6 nitrogen and oxygen atoms in total. The van der Waals surface area contributed by atoms with E-state index in [-0.39, 0.29) is 12.5 Å². The van der Waals surface area contributed by atoms with E-state index in [9.17, 15) is 9.59 Å². The smallest absolute Gasteiger partial charge is 0.269 e. The summed E-state index contributed by atoms with van der Waals surface area (Å²) in [6, 6.07) is 14.8. The van der Waals surface area contributed by atoms with Crippen LogP contribution in [0.15, 0.2) is 59.2 Å². The van der Waals surface area contributed by atoms with Crippen LogP contribution in [0, 0.1) is 0 Å². The first-order valence-corrected chi connectivity index (χ1v) is 9.43. The summed E-state index contributed by atoms with van der Waals surface area (Å²) in [6.07, 6.45) is 2.75. The molecule has 2 amide bonds. The van der Waals surface area contributed by atoms with Crippen LogP contribution in [0.2, 0.25) is 0 Å². The maximum atomic E-state index is 12.2. The highest BCUT2D eigenvalue weighted by Crippen LogP contribution is 2.26. The van der Waals surface area contributed by atoms with E-state index in [1.54, 1.807) is 18.2 Å². The van der Waals surface area contributed by atoms with E-state index in [1.807, 2.05) is 48.0 Å². The van der Waals surface area contributed by atoms with E-state index in [0.29, 0.717) is 22.4 Å². The van der Waals surface area contributed by atoms with Crippen LogP contribution in [0.4, 0.5) is 0 Å². The second-order valence-corrected chi connectivity index (χ2v) is 6.85. The molecule has 0 aliphatic carbocycles. The molecule has 0 radical (unpaired) electrons. The maximum absolute atomic E-state index is 12.2. The summed E-state index contributed by atoms with van der Waals surface area (Å²) < 4.78 is 8.08. The van der Waals surface area contributed by atoms with Gasteiger partial charge < -0.3 is 9.30 Å². The summed E-state index contributed by atoms with van der Waals surface area (Å²) in [7, 11) is 0. The summed E-state index contributed by atoms with van der Waals surface area (Å²) in [5.41, 5.74) is 6.26. The summed E-state index contributed by atoms with van der Waals surface area (Å²) in [4.78, 5) is 24.4. The molecule has 0 unspecified atom stereocenters. The fourth-order valence-corrected chi connectivity index (χ4v) is 3.14. The average Bonchev–Trinajstić information content (AvgIpc) is 3.08. The number of nitrogens with one attached hydrogen (secondary N) is 2. The molecule has 7 heteroatoms. The van der Waals surface area contributed by atoms with E-state index in [4.69, 9.17) is 4.74 Å². The lowest BCUT2D eigenvalue weighted by atomic mass is 10.2. The standard InChI is InChI=1S/C20H20BrN3O3/c1-2-11-27-18-8-7-15(12-16(18)21)20(26)23-22-19(25)13-24-10-9-14-5-3-4-6-17(14)24/h3-10,12H,2,11,13H2,1H3,(H,22,25)(H,23,26). The molecule has 0 aliphatic rings. The van der Waals surface area contributed by atoms with Crippen LogP contribution in [0.5, 0.6) is 5.75 Å². The average molecular weight is 430 g/mol. The number of carbonyl (C=O) groups is 2. The van der Waals surface area contributed by atoms with E-state index in [0.717, 1.165) is 17.3 Å². The number of halogens is 1. The summed E-state index contributed by atoms with van der Waals surface area (Å²) in [5, 5.41) is 1.06. The first kappa shape index (κ1) is 19.0. The Morgan fingerprint density at radius 3 is 2.70 bits per heavy atom. The van der Waals surface area contributed by atoms with Crippen molar-refractivity contribution in [1.29, 1.82) is 0 Å². The predicted octanol–water partition coefficient (Wildman–Crippen LogP) is 3.65. The van der Waals surface area contributed by atoms with Crippen LogP contribution in [-0.2, 0) is 11.3 Å². The highest BCUT2D eigenvalue weighted by molar-refractivity contribution is 9.10. The molecule has 140 valence electrons. The van der Waals surface area contributed by atoms with Gasteiger partial charge in [-0.1, -0.05) is 25.1 Å². The molecule has 1 aromatic heterocycles. The monoisotopic (exact) mass is 429 g/mol. The molecule has 0 atom stereocenters. The lowest BCUT2D eigenvalue weighted by molar-refractivity contribution is -0.122. The van der Waals surface area contributed by atoms with Crippen molar-refractivity contribution in [3.05, 3.63) is 64.8 Å². The van der Waals surface area contributed by atoms with Gasteiger partial charge in [-0.15, -0.1) is 0 Å². The van der Waals surface area contributed by atoms with Crippen LogP contribution < -0.4 is 15.6 Å². The van der Waals surface area contributed by atoms with Gasteiger partial charge in [0.1, 0.15) is 12.3 Å². The van der Waals surface area contributed by atoms with Gasteiger partial charge in [0.15, 0.2) is 0 Å². The molecule has 0 spiro atoms. The molecule has 2 N–H and O–H groups in total. The van der Waals surface area contributed by atoms with Crippen molar-refractivity contribution in [2.24, 2.45) is 0 Å². The summed E-state index contributed by atoms with van der Waals surface area (Å²) in [5.74, 6) is -0.0351. The van der Waals surface area contributed by atoms with Gasteiger partial charge in [0.05, 0.1) is 11.1 Å². The highest BCUT2D eigenvalue weighted by Gasteiger charge is 2.11. The van der Waals surface area contributed by atoms with E-state index in [2.05, 4.69) is 26.8 Å². The Kier molecular flexibility index (Phi) is 6.13. The Bertz CT molecular complexity index is 968. The van der Waals surface area contributed by atoms with Crippen molar-refractivity contribution in [2.45, 2.75) is 19.9 Å². The number of rotatable bonds is 6. The zero-order valence-electron chi connectivity index (χ0n) is 14.9. The SMILES string of the molecule is CCCOc1ccc(C(=O)NNC(=O)Cn2ccc3ccccc32)cc1Br. The number of para-hydroxylation sites is 1. The second-order valence-electron chi connectivity index (χ2n) is 6.00. The number of aromatic nitrogens is 1. The number of hydrazine groups is 1. The minimum Gasteiger partial charge on any atom is -0.492 e. The van der Waals surface area contributed by atoms with Crippen LogP contribution in [-0.4, -0.2) is 23.0 Å². The number of fused-ring (bicyclic) bond motifs is 1. The number of benzene rings is 2. The van der Waals surface area contributed by atoms with Crippen molar-refractivity contribution in [3.63, 3.8) is 0 Å². The Hall–Kier alpha value is -2.80. The summed E-state index contributed by atoms with van der Waals surface area (Å²) in [6.45, 7) is 2.74. The third kappa shape index (κ3) is 4.68. The van der Waals surface area contributed by atoms with E-state index < -0.39 is 5.91 Å². The van der Waals surface area contributed by atoms with Crippen molar-refractivity contribution in [2.75, 3.05) is 6.61 Å². The van der Waals surface area contributed by atoms with Gasteiger partial charge in [-0.2, -0.15) is 0 Å². The Labute approximate surface area is 165 Å². The topological polar surface area (TPSA) is 72.4 Å². The number of ether oxygens (including phenoxy) is 1. The van der Waals surface area contributed by atoms with E-state index in [1.165, 1.54) is 0 Å². The second kappa shape index (κ2) is 8.73. The fourth-order valence-electron chi connectivity index (χ4n) is 2.64. The maximum Gasteiger partial charge on any atom is 0.269 e. The lowest BCUT2D eigenvalue weighted by Gasteiger charge is -2.11. The third-order valence-corrected chi connectivity index (χ3v) is 4.59. The van der Waals surface area contributed by atoms with Gasteiger partial charge in [0, 0.05) is 17.3 Å². The predicted molar refractivity (Wildman–Crippen MR) is 107 cm³/mol. The van der Waals surface area contributed by atoms with Gasteiger partial charge in [-0.25, -0.2) is 0 Å². The van der Waals surface area contributed by atoms with Crippen molar-refractivity contribution in [1.82, 2.24) is 15.4 Å². The molecule has 0 aliphatic heterocycles. The Morgan fingerprint density at radius 1 is 1.11 bits per heavy atom. The normalized spacial score (nSPS) is 10.6. The molecular formula is C20H20BrN3O3. The number of carbonyl (C=O) groups excluding carboxylic acids is 2. The highest BCUT2D eigenvalue weighted by atomic mass is 79.9. The van der Waals surface area contributed by atoms with Crippen LogP contribution >= 0.6 is 15.9 Å². The number of amides is 2. The number of hydrogen-bond donors (Lipinski definition) is 2. The first-order valence-electron chi connectivity index (χ1n) is 8.64. The third-order valence-electron chi connectivity index (χ3n) is 3.97. The number of nitrogens with zero attached hydrogens (tertiary/aromatic N) is 1. The van der Waals surface area contributed by atoms with Gasteiger partial charge in [0.2, 0.25) is 0 Å². The van der Waals surface area contributed by atoms with Crippen molar-refractivity contribution in [3.8, 4) is 5.75 Å². The Balaban J connectivity index is 1.57.